The van der Waals surface area contributed by atoms with E-state index in [0.29, 0.717) is 11.8 Å². The Morgan fingerprint density at radius 1 is 1.18 bits per heavy atom. The summed E-state index contributed by atoms with van der Waals surface area (Å²) in [4.78, 5) is 0. The molecule has 0 radical (unpaired) electrons. The van der Waals surface area contributed by atoms with Crippen LogP contribution in [0.2, 0.25) is 0 Å². The quantitative estimate of drug-likeness (QED) is 0.565. The molecule has 0 rings (SSSR count). The molecule has 0 spiro atoms. The Kier molecular flexibility index (Phi) is 5.97. The van der Waals surface area contributed by atoms with Crippen molar-refractivity contribution in [2.24, 2.45) is 11.8 Å². The molecule has 0 aromatic rings. The highest BCUT2D eigenvalue weighted by Crippen LogP contribution is 1.97. The van der Waals surface area contributed by atoms with Crippen molar-refractivity contribution < 1.29 is 4.74 Å². The summed E-state index contributed by atoms with van der Waals surface area (Å²) in [7, 11) is 0. The second-order valence-electron chi connectivity index (χ2n) is 3.23. The van der Waals surface area contributed by atoms with Crippen molar-refractivity contribution in [3.63, 3.8) is 0 Å². The summed E-state index contributed by atoms with van der Waals surface area (Å²) in [6.07, 6.45) is 0. The fourth-order valence-electron chi connectivity index (χ4n) is 0.769. The predicted octanol–water partition coefficient (Wildman–Crippen LogP) is 2.32. The molecular formula is C10H18O. The molecule has 0 amide bonds. The molecule has 0 saturated carbocycles. The minimum absolute atomic E-state index is 0.374. The molecule has 0 unspecified atom stereocenters. The molecule has 0 N–H and O–H groups in total. The normalized spacial score (nSPS) is 12.5. The van der Waals surface area contributed by atoms with Crippen LogP contribution in [0.3, 0.4) is 0 Å². The van der Waals surface area contributed by atoms with Gasteiger partial charge >= 0.3 is 0 Å². The molecule has 0 aromatic heterocycles. The van der Waals surface area contributed by atoms with E-state index in [1.165, 1.54) is 0 Å². The molecule has 0 heterocycles. The summed E-state index contributed by atoms with van der Waals surface area (Å²) < 4.78 is 5.41. The summed E-state index contributed by atoms with van der Waals surface area (Å²) >= 11 is 0. The van der Waals surface area contributed by atoms with E-state index in [1.54, 1.807) is 0 Å². The molecule has 0 saturated heterocycles. The number of rotatable bonds is 4. The van der Waals surface area contributed by atoms with Crippen molar-refractivity contribution >= 4 is 0 Å². The van der Waals surface area contributed by atoms with Crippen molar-refractivity contribution in [3.8, 4) is 11.8 Å². The van der Waals surface area contributed by atoms with Gasteiger partial charge in [0.15, 0.2) is 0 Å². The van der Waals surface area contributed by atoms with Gasteiger partial charge in [-0.2, -0.15) is 0 Å². The highest BCUT2D eigenvalue weighted by Gasteiger charge is 1.97. The zero-order chi connectivity index (χ0) is 8.69. The van der Waals surface area contributed by atoms with Crippen molar-refractivity contribution in [3.05, 3.63) is 0 Å². The lowest BCUT2D eigenvalue weighted by atomic mass is 10.2. The Morgan fingerprint density at radius 2 is 1.82 bits per heavy atom. The van der Waals surface area contributed by atoms with Gasteiger partial charge in [-0.15, -0.1) is 5.92 Å². The molecule has 64 valence electrons. The number of hydrogen-bond donors (Lipinski definition) is 0. The molecule has 0 aromatic carbocycles. The van der Waals surface area contributed by atoms with Gasteiger partial charge in [-0.3, -0.25) is 0 Å². The van der Waals surface area contributed by atoms with E-state index in [1.807, 2.05) is 6.92 Å². The molecule has 0 fully saturated rings. The highest BCUT2D eigenvalue weighted by molar-refractivity contribution is 4.99. The third kappa shape index (κ3) is 7.42. The van der Waals surface area contributed by atoms with Gasteiger partial charge in [-0.25, -0.2) is 0 Å². The highest BCUT2D eigenvalue weighted by atomic mass is 16.5. The van der Waals surface area contributed by atoms with E-state index in [9.17, 15) is 0 Å². The number of ether oxygens (including phenoxy) is 1. The molecule has 1 atom stereocenters. The lowest BCUT2D eigenvalue weighted by Crippen LogP contribution is -2.08. The molecule has 0 bridgehead atoms. The third-order valence-electron chi connectivity index (χ3n) is 1.21. The van der Waals surface area contributed by atoms with Crippen LogP contribution in [0.25, 0.3) is 0 Å². The summed E-state index contributed by atoms with van der Waals surface area (Å²) in [5.74, 6) is 6.92. The summed E-state index contributed by atoms with van der Waals surface area (Å²) in [5.41, 5.74) is 0. The minimum atomic E-state index is 0.374. The lowest BCUT2D eigenvalue weighted by molar-refractivity contribution is 0.0965. The van der Waals surface area contributed by atoms with Gasteiger partial charge < -0.3 is 4.74 Å². The topological polar surface area (TPSA) is 9.23 Å². The van der Waals surface area contributed by atoms with Gasteiger partial charge in [0.25, 0.3) is 0 Å². The van der Waals surface area contributed by atoms with E-state index in [0.717, 1.165) is 13.2 Å². The lowest BCUT2D eigenvalue weighted by Gasteiger charge is -2.07. The van der Waals surface area contributed by atoms with E-state index < -0.39 is 0 Å². The summed E-state index contributed by atoms with van der Waals surface area (Å²) in [6.45, 7) is 9.84. The monoisotopic (exact) mass is 154 g/mol. The van der Waals surface area contributed by atoms with E-state index in [4.69, 9.17) is 4.74 Å². The molecule has 11 heavy (non-hydrogen) atoms. The van der Waals surface area contributed by atoms with Crippen LogP contribution in [0.1, 0.15) is 27.7 Å². The van der Waals surface area contributed by atoms with Crippen LogP contribution in [0.4, 0.5) is 0 Å². The van der Waals surface area contributed by atoms with Crippen LogP contribution in [-0.4, -0.2) is 13.2 Å². The zero-order valence-corrected chi connectivity index (χ0v) is 7.98. The average Bonchev–Trinajstić information content (AvgIpc) is 1.87. The Labute approximate surface area is 70.1 Å². The molecule has 1 nitrogen and oxygen atoms in total. The minimum Gasteiger partial charge on any atom is -0.380 e. The van der Waals surface area contributed by atoms with Crippen molar-refractivity contribution in [1.82, 2.24) is 0 Å². The maximum absolute atomic E-state index is 5.41. The van der Waals surface area contributed by atoms with Crippen LogP contribution in [-0.2, 0) is 4.74 Å². The van der Waals surface area contributed by atoms with E-state index in [2.05, 4.69) is 32.6 Å². The standard InChI is InChI=1S/C10H18O/c1-5-6-10(4)8-11-7-9(2)3/h9-10H,7-8H2,1-4H3/t10-/m1/s1. The Balaban J connectivity index is 3.29. The molecule has 0 aliphatic heterocycles. The van der Waals surface area contributed by atoms with Crippen LogP contribution >= 0.6 is 0 Å². The largest absolute Gasteiger partial charge is 0.380 e. The summed E-state index contributed by atoms with van der Waals surface area (Å²) in [5, 5.41) is 0. The van der Waals surface area contributed by atoms with Gasteiger partial charge in [-0.05, 0) is 19.8 Å². The van der Waals surface area contributed by atoms with Crippen LogP contribution in [0, 0.1) is 23.7 Å². The van der Waals surface area contributed by atoms with Crippen molar-refractivity contribution in [2.45, 2.75) is 27.7 Å². The van der Waals surface area contributed by atoms with Crippen molar-refractivity contribution in [1.29, 1.82) is 0 Å². The first-order valence-electron chi connectivity index (χ1n) is 4.16. The SMILES string of the molecule is CC#C[C@@H](C)COCC(C)C. The van der Waals surface area contributed by atoms with Gasteiger partial charge in [0.1, 0.15) is 0 Å². The van der Waals surface area contributed by atoms with Gasteiger partial charge in [0, 0.05) is 12.5 Å². The Bertz CT molecular complexity index is 139. The first-order valence-corrected chi connectivity index (χ1v) is 4.16. The van der Waals surface area contributed by atoms with Crippen molar-refractivity contribution in [2.75, 3.05) is 13.2 Å². The zero-order valence-electron chi connectivity index (χ0n) is 7.98. The first kappa shape index (κ1) is 10.5. The van der Waals surface area contributed by atoms with E-state index in [-0.39, 0.29) is 0 Å². The number of hydrogen-bond acceptors (Lipinski definition) is 1. The van der Waals surface area contributed by atoms with Crippen LogP contribution < -0.4 is 0 Å². The molecule has 0 aliphatic carbocycles. The van der Waals surface area contributed by atoms with Crippen LogP contribution in [0.15, 0.2) is 0 Å². The molecule has 1 heteroatoms. The molecular weight excluding hydrogens is 136 g/mol. The molecule has 0 aliphatic rings. The van der Waals surface area contributed by atoms with E-state index >= 15 is 0 Å². The summed E-state index contributed by atoms with van der Waals surface area (Å²) in [6, 6.07) is 0. The van der Waals surface area contributed by atoms with Gasteiger partial charge in [0.2, 0.25) is 0 Å². The average molecular weight is 154 g/mol. The fourth-order valence-corrected chi connectivity index (χ4v) is 0.769. The van der Waals surface area contributed by atoms with Gasteiger partial charge in [0.05, 0.1) is 6.61 Å². The first-order chi connectivity index (χ1) is 5.16. The fraction of sp³-hybridized carbons (Fsp3) is 0.800. The van der Waals surface area contributed by atoms with Crippen LogP contribution in [0.5, 0.6) is 0 Å². The Morgan fingerprint density at radius 3 is 2.27 bits per heavy atom. The Hall–Kier alpha value is -0.480. The maximum atomic E-state index is 5.41. The van der Waals surface area contributed by atoms with Gasteiger partial charge in [-0.1, -0.05) is 19.8 Å². The maximum Gasteiger partial charge on any atom is 0.0601 e. The second-order valence-corrected chi connectivity index (χ2v) is 3.23. The second kappa shape index (κ2) is 6.24. The third-order valence-corrected chi connectivity index (χ3v) is 1.21. The smallest absolute Gasteiger partial charge is 0.0601 e. The predicted molar refractivity (Wildman–Crippen MR) is 48.3 cm³/mol.